The minimum Gasteiger partial charge on any atom is -0.493 e. The van der Waals surface area contributed by atoms with E-state index in [2.05, 4.69) is 43.2 Å². The highest BCUT2D eigenvalue weighted by molar-refractivity contribution is 5.43. The van der Waals surface area contributed by atoms with Gasteiger partial charge in [0.05, 0.1) is 14.2 Å². The van der Waals surface area contributed by atoms with Gasteiger partial charge in [-0.1, -0.05) is 13.0 Å². The Morgan fingerprint density at radius 3 is 2.57 bits per heavy atom. The molecular weight excluding hydrogens is 264 g/mol. The normalized spacial score (nSPS) is 24.6. The Morgan fingerprint density at radius 1 is 1.24 bits per heavy atom. The lowest BCUT2D eigenvalue weighted by atomic mass is 9.93. The summed E-state index contributed by atoms with van der Waals surface area (Å²) in [6, 6.07) is 7.03. The average molecular weight is 292 g/mol. The number of nitrogens with zero attached hydrogens (tertiary/aromatic N) is 1. The van der Waals surface area contributed by atoms with Gasteiger partial charge in [0.1, 0.15) is 0 Å². The summed E-state index contributed by atoms with van der Waals surface area (Å²) in [5.74, 6) is 2.24. The summed E-state index contributed by atoms with van der Waals surface area (Å²) >= 11 is 0. The zero-order valence-electron chi connectivity index (χ0n) is 13.8. The van der Waals surface area contributed by atoms with Gasteiger partial charge in [-0.05, 0) is 50.6 Å². The Balaban J connectivity index is 2.04. The summed E-state index contributed by atoms with van der Waals surface area (Å²) in [6.45, 7) is 6.87. The molecule has 21 heavy (non-hydrogen) atoms. The van der Waals surface area contributed by atoms with E-state index >= 15 is 0 Å². The first-order valence-corrected chi connectivity index (χ1v) is 7.71. The molecule has 0 radical (unpaired) electrons. The molecule has 0 saturated carbocycles. The standard InChI is InChI=1S/C17H28N2O2/c1-12-11-19(3)9-8-15(12)18-13(2)14-6-7-16(20-4)17(10-14)21-5/h6-7,10,12-13,15,18H,8-9,11H2,1-5H3. The fourth-order valence-corrected chi connectivity index (χ4v) is 3.14. The van der Waals surface area contributed by atoms with Crippen LogP contribution in [0.25, 0.3) is 0 Å². The Kier molecular flexibility index (Phi) is 5.48. The summed E-state index contributed by atoms with van der Waals surface area (Å²) in [5.41, 5.74) is 1.23. The van der Waals surface area contributed by atoms with Crippen molar-refractivity contribution >= 4 is 0 Å². The zero-order chi connectivity index (χ0) is 15.4. The van der Waals surface area contributed by atoms with Crippen molar-refractivity contribution in [2.24, 2.45) is 5.92 Å². The molecule has 1 heterocycles. The van der Waals surface area contributed by atoms with Crippen molar-refractivity contribution < 1.29 is 9.47 Å². The predicted molar refractivity (Wildman–Crippen MR) is 86.2 cm³/mol. The maximum absolute atomic E-state index is 5.39. The molecule has 2 rings (SSSR count). The van der Waals surface area contributed by atoms with Gasteiger partial charge < -0.3 is 19.7 Å². The second-order valence-corrected chi connectivity index (χ2v) is 6.14. The predicted octanol–water partition coefficient (Wildman–Crippen LogP) is 2.69. The van der Waals surface area contributed by atoms with Crippen LogP contribution >= 0.6 is 0 Å². The molecule has 3 atom stereocenters. The highest BCUT2D eigenvalue weighted by Crippen LogP contribution is 2.30. The molecular formula is C17H28N2O2. The first kappa shape index (κ1) is 16.1. The minimum atomic E-state index is 0.306. The van der Waals surface area contributed by atoms with E-state index in [1.807, 2.05) is 6.07 Å². The van der Waals surface area contributed by atoms with Gasteiger partial charge in [0.25, 0.3) is 0 Å². The maximum Gasteiger partial charge on any atom is 0.161 e. The van der Waals surface area contributed by atoms with Crippen LogP contribution < -0.4 is 14.8 Å². The Morgan fingerprint density at radius 2 is 1.95 bits per heavy atom. The monoisotopic (exact) mass is 292 g/mol. The number of benzene rings is 1. The Hall–Kier alpha value is -1.26. The molecule has 0 amide bonds. The van der Waals surface area contributed by atoms with Crippen LogP contribution in [-0.4, -0.2) is 45.3 Å². The van der Waals surface area contributed by atoms with E-state index in [4.69, 9.17) is 9.47 Å². The minimum absolute atomic E-state index is 0.306. The van der Waals surface area contributed by atoms with E-state index in [9.17, 15) is 0 Å². The molecule has 0 aromatic heterocycles. The van der Waals surface area contributed by atoms with Gasteiger partial charge in [0.15, 0.2) is 11.5 Å². The molecule has 3 unspecified atom stereocenters. The fraction of sp³-hybridized carbons (Fsp3) is 0.647. The van der Waals surface area contributed by atoms with Gasteiger partial charge in [0.2, 0.25) is 0 Å². The molecule has 0 aliphatic carbocycles. The number of nitrogens with one attached hydrogen (secondary N) is 1. The van der Waals surface area contributed by atoms with Crippen molar-refractivity contribution in [2.75, 3.05) is 34.4 Å². The molecule has 1 aliphatic rings. The molecule has 1 N–H and O–H groups in total. The molecule has 1 saturated heterocycles. The zero-order valence-corrected chi connectivity index (χ0v) is 13.8. The third-order valence-electron chi connectivity index (χ3n) is 4.48. The van der Waals surface area contributed by atoms with Gasteiger partial charge in [-0.15, -0.1) is 0 Å². The molecule has 118 valence electrons. The van der Waals surface area contributed by atoms with Crippen LogP contribution in [0.15, 0.2) is 18.2 Å². The number of piperidine rings is 1. The van der Waals surface area contributed by atoms with E-state index in [1.54, 1.807) is 14.2 Å². The van der Waals surface area contributed by atoms with Crippen molar-refractivity contribution in [3.63, 3.8) is 0 Å². The van der Waals surface area contributed by atoms with Crippen molar-refractivity contribution in [3.05, 3.63) is 23.8 Å². The summed E-state index contributed by atoms with van der Waals surface area (Å²) in [7, 11) is 5.54. The molecule has 0 bridgehead atoms. The lowest BCUT2D eigenvalue weighted by molar-refractivity contribution is 0.168. The number of rotatable bonds is 5. The molecule has 1 aromatic rings. The first-order chi connectivity index (χ1) is 10.0. The summed E-state index contributed by atoms with van der Waals surface area (Å²) in [5, 5.41) is 3.77. The van der Waals surface area contributed by atoms with Gasteiger partial charge in [-0.3, -0.25) is 0 Å². The van der Waals surface area contributed by atoms with Gasteiger partial charge in [0, 0.05) is 18.6 Å². The summed E-state index contributed by atoms with van der Waals surface area (Å²) < 4.78 is 10.7. The van der Waals surface area contributed by atoms with Crippen LogP contribution in [0.2, 0.25) is 0 Å². The highest BCUT2D eigenvalue weighted by atomic mass is 16.5. The smallest absolute Gasteiger partial charge is 0.161 e. The van der Waals surface area contributed by atoms with Crippen molar-refractivity contribution in [1.82, 2.24) is 10.2 Å². The van der Waals surface area contributed by atoms with Crippen LogP contribution in [0.1, 0.15) is 31.9 Å². The molecule has 4 heteroatoms. The number of methoxy groups -OCH3 is 2. The van der Waals surface area contributed by atoms with Crippen molar-refractivity contribution in [1.29, 1.82) is 0 Å². The van der Waals surface area contributed by atoms with Crippen LogP contribution in [0.5, 0.6) is 11.5 Å². The molecule has 4 nitrogen and oxygen atoms in total. The van der Waals surface area contributed by atoms with Crippen LogP contribution in [0.3, 0.4) is 0 Å². The van der Waals surface area contributed by atoms with Crippen molar-refractivity contribution in [3.8, 4) is 11.5 Å². The number of hydrogen-bond donors (Lipinski definition) is 1. The molecule has 1 aliphatic heterocycles. The lowest BCUT2D eigenvalue weighted by Crippen LogP contribution is -2.47. The number of ether oxygens (including phenoxy) is 2. The van der Waals surface area contributed by atoms with Gasteiger partial charge in [-0.2, -0.15) is 0 Å². The van der Waals surface area contributed by atoms with E-state index in [0.29, 0.717) is 18.0 Å². The molecule has 1 aromatic carbocycles. The number of likely N-dealkylation sites (tertiary alicyclic amines) is 1. The highest BCUT2D eigenvalue weighted by Gasteiger charge is 2.25. The average Bonchev–Trinajstić information content (AvgIpc) is 2.49. The topological polar surface area (TPSA) is 33.7 Å². The largest absolute Gasteiger partial charge is 0.493 e. The third-order valence-corrected chi connectivity index (χ3v) is 4.48. The molecule has 0 spiro atoms. The SMILES string of the molecule is COc1ccc(C(C)NC2CCN(C)CC2C)cc1OC. The van der Waals surface area contributed by atoms with E-state index < -0.39 is 0 Å². The van der Waals surface area contributed by atoms with E-state index in [0.717, 1.165) is 18.0 Å². The van der Waals surface area contributed by atoms with E-state index in [1.165, 1.54) is 18.5 Å². The molecule has 1 fully saturated rings. The van der Waals surface area contributed by atoms with Crippen LogP contribution in [0, 0.1) is 5.92 Å². The van der Waals surface area contributed by atoms with E-state index in [-0.39, 0.29) is 0 Å². The maximum atomic E-state index is 5.39. The Labute approximate surface area is 128 Å². The number of hydrogen-bond acceptors (Lipinski definition) is 4. The van der Waals surface area contributed by atoms with Gasteiger partial charge >= 0.3 is 0 Å². The van der Waals surface area contributed by atoms with Crippen LogP contribution in [-0.2, 0) is 0 Å². The van der Waals surface area contributed by atoms with Crippen molar-refractivity contribution in [2.45, 2.75) is 32.4 Å². The van der Waals surface area contributed by atoms with Crippen LogP contribution in [0.4, 0.5) is 0 Å². The first-order valence-electron chi connectivity index (χ1n) is 7.71. The van der Waals surface area contributed by atoms with Gasteiger partial charge in [-0.25, -0.2) is 0 Å². The second-order valence-electron chi connectivity index (χ2n) is 6.14. The second kappa shape index (κ2) is 7.14. The fourth-order valence-electron chi connectivity index (χ4n) is 3.14. The Bertz CT molecular complexity index is 464. The lowest BCUT2D eigenvalue weighted by Gasteiger charge is -2.37. The quantitative estimate of drug-likeness (QED) is 0.905. The summed E-state index contributed by atoms with van der Waals surface area (Å²) in [4.78, 5) is 2.41. The summed E-state index contributed by atoms with van der Waals surface area (Å²) in [6.07, 6.45) is 1.20. The third kappa shape index (κ3) is 3.89.